The van der Waals surface area contributed by atoms with E-state index >= 15 is 0 Å². The van der Waals surface area contributed by atoms with Gasteiger partial charge in [0.15, 0.2) is 16.7 Å². The van der Waals surface area contributed by atoms with Gasteiger partial charge in [0.05, 0.1) is 51.2 Å². The van der Waals surface area contributed by atoms with Gasteiger partial charge in [-0.3, -0.25) is 4.79 Å². The van der Waals surface area contributed by atoms with Crippen LogP contribution in [0, 0.1) is 0 Å². The number of benzene rings is 2. The minimum absolute atomic E-state index is 0.107. The molecule has 2 aromatic rings. The molecule has 1 amide bonds. The van der Waals surface area contributed by atoms with E-state index in [1.807, 2.05) is 52.8 Å². The predicted octanol–water partition coefficient (Wildman–Crippen LogP) is 4.13. The number of thioether (sulfide) groups is 1. The van der Waals surface area contributed by atoms with Crippen molar-refractivity contribution in [3.05, 3.63) is 76.3 Å². The van der Waals surface area contributed by atoms with Crippen molar-refractivity contribution in [1.29, 1.82) is 0 Å². The smallest absolute Gasteiger partial charge is 0.338 e. The third kappa shape index (κ3) is 5.71. The van der Waals surface area contributed by atoms with Gasteiger partial charge in [0.1, 0.15) is 0 Å². The molecule has 10 heteroatoms. The molecule has 2 aliphatic rings. The van der Waals surface area contributed by atoms with E-state index in [1.165, 1.54) is 11.8 Å². The molecule has 2 aliphatic heterocycles. The Hall–Kier alpha value is -3.76. The number of methoxy groups -OCH3 is 3. The Morgan fingerprint density at radius 3 is 2.50 bits per heavy atom. The molecule has 0 fully saturated rings. The Kier molecular flexibility index (Phi) is 9.09. The maximum absolute atomic E-state index is 13.6. The molecule has 0 bridgehead atoms. The van der Waals surface area contributed by atoms with Crippen molar-refractivity contribution in [1.82, 2.24) is 10.2 Å². The Labute approximate surface area is 226 Å². The van der Waals surface area contributed by atoms with Crippen LogP contribution in [0.25, 0.3) is 5.70 Å². The van der Waals surface area contributed by atoms with E-state index in [9.17, 15) is 9.59 Å². The number of nitrogens with one attached hydrogen (secondary N) is 1. The zero-order valence-electron chi connectivity index (χ0n) is 21.9. The molecule has 0 unspecified atom stereocenters. The molecule has 0 aliphatic carbocycles. The molecule has 1 atom stereocenters. The van der Waals surface area contributed by atoms with Gasteiger partial charge in [0.25, 0.3) is 0 Å². The number of esters is 1. The van der Waals surface area contributed by atoms with E-state index in [-0.39, 0.29) is 18.9 Å². The second-order valence-corrected chi connectivity index (χ2v) is 9.21. The van der Waals surface area contributed by atoms with Gasteiger partial charge in [0, 0.05) is 24.9 Å². The first-order valence-electron chi connectivity index (χ1n) is 12.2. The fourth-order valence-electron chi connectivity index (χ4n) is 4.35. The topological polar surface area (TPSA) is 98.7 Å². The lowest BCUT2D eigenvalue weighted by molar-refractivity contribution is -0.139. The van der Waals surface area contributed by atoms with Gasteiger partial charge in [0.2, 0.25) is 5.91 Å². The quantitative estimate of drug-likeness (QED) is 0.338. The summed E-state index contributed by atoms with van der Waals surface area (Å²) in [7, 11) is 4.72. The summed E-state index contributed by atoms with van der Waals surface area (Å²) in [5.74, 6) is 0.453. The molecule has 9 nitrogen and oxygen atoms in total. The van der Waals surface area contributed by atoms with Crippen LogP contribution in [0.5, 0.6) is 11.5 Å². The standard InChI is InChI=1S/C28H31N3O6S/c1-5-37-27(33)24-25(18-9-7-6-8-10-18)30-28-31(20(17-38-28)16-23(32)29-13-14-34-2)26(24)19-11-12-21(35-3)22(15-19)36-4/h6-12,15,17,26H,5,13-14,16H2,1-4H3,(H,29,32)/t26-/m0/s1. The van der Waals surface area contributed by atoms with E-state index < -0.39 is 12.0 Å². The first-order chi connectivity index (χ1) is 18.5. The summed E-state index contributed by atoms with van der Waals surface area (Å²) < 4.78 is 21.6. The van der Waals surface area contributed by atoms with Gasteiger partial charge in [-0.05, 0) is 30.0 Å². The summed E-state index contributed by atoms with van der Waals surface area (Å²) in [6, 6.07) is 14.4. The number of carbonyl (C=O) groups is 2. The van der Waals surface area contributed by atoms with Gasteiger partial charge in [-0.2, -0.15) is 0 Å². The van der Waals surface area contributed by atoms with Crippen molar-refractivity contribution in [3.8, 4) is 11.5 Å². The summed E-state index contributed by atoms with van der Waals surface area (Å²) in [5.41, 5.74) is 3.18. The van der Waals surface area contributed by atoms with Crippen LogP contribution >= 0.6 is 11.8 Å². The molecule has 4 rings (SSSR count). The highest BCUT2D eigenvalue weighted by Crippen LogP contribution is 2.48. The molecule has 0 aromatic heterocycles. The second kappa shape index (κ2) is 12.7. The SMILES string of the molecule is CCOC(=O)C1=C(c2ccccc2)N=C2SC=C(CC(=O)NCCOC)N2[C@H]1c1ccc(OC)c(OC)c1. The van der Waals surface area contributed by atoms with Gasteiger partial charge in [-0.15, -0.1) is 0 Å². The van der Waals surface area contributed by atoms with E-state index in [0.29, 0.717) is 41.1 Å². The largest absolute Gasteiger partial charge is 0.493 e. The van der Waals surface area contributed by atoms with Crippen LogP contribution in [0.15, 0.2) is 70.2 Å². The number of rotatable bonds is 11. The molecule has 0 radical (unpaired) electrons. The minimum atomic E-state index is -0.621. The fourth-order valence-corrected chi connectivity index (χ4v) is 5.26. The zero-order chi connectivity index (χ0) is 27.1. The van der Waals surface area contributed by atoms with Crippen LogP contribution in [0.3, 0.4) is 0 Å². The predicted molar refractivity (Wildman–Crippen MR) is 147 cm³/mol. The fraction of sp³-hybridized carbons (Fsp3) is 0.321. The first-order valence-corrected chi connectivity index (χ1v) is 13.1. The van der Waals surface area contributed by atoms with Crippen LogP contribution in [0.4, 0.5) is 0 Å². The number of carbonyl (C=O) groups excluding carboxylic acids is 2. The average molecular weight is 538 g/mol. The maximum atomic E-state index is 13.6. The summed E-state index contributed by atoms with van der Waals surface area (Å²) in [6.45, 7) is 2.80. The van der Waals surface area contributed by atoms with E-state index in [0.717, 1.165) is 16.8 Å². The van der Waals surface area contributed by atoms with E-state index in [4.69, 9.17) is 23.9 Å². The van der Waals surface area contributed by atoms with Crippen LogP contribution in [0.2, 0.25) is 0 Å². The number of nitrogens with zero attached hydrogens (tertiary/aromatic N) is 2. The number of amides is 1. The Morgan fingerprint density at radius 2 is 1.82 bits per heavy atom. The van der Waals surface area contributed by atoms with Crippen LogP contribution in [-0.2, 0) is 19.1 Å². The third-order valence-corrected chi connectivity index (χ3v) is 6.93. The van der Waals surface area contributed by atoms with Crippen LogP contribution in [-0.4, -0.2) is 63.0 Å². The lowest BCUT2D eigenvalue weighted by atomic mass is 9.91. The van der Waals surface area contributed by atoms with Crippen molar-refractivity contribution in [2.75, 3.05) is 41.1 Å². The number of amidine groups is 1. The van der Waals surface area contributed by atoms with Crippen molar-refractivity contribution >= 4 is 34.5 Å². The summed E-state index contributed by atoms with van der Waals surface area (Å²) in [6.07, 6.45) is 0.107. The first kappa shape index (κ1) is 27.3. The Morgan fingerprint density at radius 1 is 1.05 bits per heavy atom. The molecule has 0 spiro atoms. The van der Waals surface area contributed by atoms with Crippen molar-refractivity contribution < 1.29 is 28.5 Å². The number of ether oxygens (including phenoxy) is 4. The van der Waals surface area contributed by atoms with E-state index in [1.54, 1.807) is 34.3 Å². The molecule has 2 aromatic carbocycles. The summed E-state index contributed by atoms with van der Waals surface area (Å²) >= 11 is 1.41. The van der Waals surface area contributed by atoms with Gasteiger partial charge in [-0.1, -0.05) is 48.2 Å². The Balaban J connectivity index is 1.86. The lowest BCUT2D eigenvalue weighted by Crippen LogP contribution is -2.38. The molecular weight excluding hydrogens is 506 g/mol. The molecule has 38 heavy (non-hydrogen) atoms. The highest BCUT2D eigenvalue weighted by Gasteiger charge is 2.42. The average Bonchev–Trinajstić information content (AvgIpc) is 3.34. The number of aliphatic imine (C=N–C) groups is 1. The molecule has 200 valence electrons. The number of fused-ring (bicyclic) bond motifs is 1. The molecule has 2 heterocycles. The van der Waals surface area contributed by atoms with E-state index in [2.05, 4.69) is 5.32 Å². The molecule has 0 saturated carbocycles. The van der Waals surface area contributed by atoms with Gasteiger partial charge in [-0.25, -0.2) is 9.79 Å². The molecular formula is C28H31N3O6S. The van der Waals surface area contributed by atoms with Crippen molar-refractivity contribution in [2.45, 2.75) is 19.4 Å². The Bertz CT molecular complexity index is 1270. The maximum Gasteiger partial charge on any atom is 0.338 e. The number of hydrogen-bond donors (Lipinski definition) is 1. The van der Waals surface area contributed by atoms with Gasteiger partial charge < -0.3 is 29.2 Å². The minimum Gasteiger partial charge on any atom is -0.493 e. The third-order valence-electron chi connectivity index (χ3n) is 6.05. The molecule has 1 N–H and O–H groups in total. The summed E-state index contributed by atoms with van der Waals surface area (Å²) in [4.78, 5) is 33.2. The van der Waals surface area contributed by atoms with Crippen LogP contribution in [0.1, 0.15) is 30.5 Å². The second-order valence-electron chi connectivity index (χ2n) is 8.38. The highest BCUT2D eigenvalue weighted by molar-refractivity contribution is 8.16. The summed E-state index contributed by atoms with van der Waals surface area (Å²) in [5, 5.41) is 5.43. The lowest BCUT2D eigenvalue weighted by Gasteiger charge is -2.37. The zero-order valence-corrected chi connectivity index (χ0v) is 22.7. The highest BCUT2D eigenvalue weighted by atomic mass is 32.2. The number of hydrogen-bond acceptors (Lipinski definition) is 9. The van der Waals surface area contributed by atoms with Gasteiger partial charge >= 0.3 is 5.97 Å². The molecule has 0 saturated heterocycles. The monoisotopic (exact) mass is 537 g/mol. The van der Waals surface area contributed by atoms with Crippen molar-refractivity contribution in [3.63, 3.8) is 0 Å². The normalized spacial score (nSPS) is 16.4. The van der Waals surface area contributed by atoms with Crippen LogP contribution < -0.4 is 14.8 Å². The van der Waals surface area contributed by atoms with Crippen molar-refractivity contribution in [2.24, 2.45) is 4.99 Å².